The Hall–Kier alpha value is -3.34. The third-order valence-electron chi connectivity index (χ3n) is 4.61. The second kappa shape index (κ2) is 7.59. The van der Waals surface area contributed by atoms with Crippen LogP contribution in [0.2, 0.25) is 0 Å². The van der Waals surface area contributed by atoms with Crippen molar-refractivity contribution < 1.29 is 14.1 Å². The molecule has 11 heteroatoms. The molecule has 148 valence electrons. The molecular formula is C18H15FN6O3S. The zero-order valence-corrected chi connectivity index (χ0v) is 16.0. The van der Waals surface area contributed by atoms with Crippen molar-refractivity contribution in [3.05, 3.63) is 69.5 Å². The number of nitrogens with zero attached hydrogens (tertiary/aromatic N) is 5. The normalized spacial score (nSPS) is 17.7. The first-order valence-electron chi connectivity index (χ1n) is 8.67. The smallest absolute Gasteiger partial charge is 0.270 e. The van der Waals surface area contributed by atoms with Gasteiger partial charge in [-0.05, 0) is 52.4 Å². The van der Waals surface area contributed by atoms with Gasteiger partial charge in [0.1, 0.15) is 5.82 Å². The number of non-ortho nitro benzene ring substituents is 1. The van der Waals surface area contributed by atoms with Gasteiger partial charge in [0.15, 0.2) is 0 Å². The largest absolute Gasteiger partial charge is 0.349 e. The summed E-state index contributed by atoms with van der Waals surface area (Å²) >= 11 is 1.14. The number of amides is 1. The van der Waals surface area contributed by atoms with Crippen LogP contribution in [0.3, 0.4) is 0 Å². The summed E-state index contributed by atoms with van der Waals surface area (Å²) in [6, 6.07) is 10.1. The topological polar surface area (TPSA) is 116 Å². The summed E-state index contributed by atoms with van der Waals surface area (Å²) < 4.78 is 14.5. The zero-order valence-electron chi connectivity index (χ0n) is 15.2. The van der Waals surface area contributed by atoms with Crippen LogP contribution in [0.25, 0.3) is 0 Å². The van der Waals surface area contributed by atoms with Gasteiger partial charge in [-0.1, -0.05) is 12.1 Å². The molecule has 1 amide bonds. The first-order chi connectivity index (χ1) is 13.9. The fraction of sp³-hybridized carbons (Fsp3) is 0.222. The van der Waals surface area contributed by atoms with Crippen LogP contribution in [0.1, 0.15) is 28.3 Å². The Kier molecular flexibility index (Phi) is 4.97. The molecule has 1 aliphatic carbocycles. The maximum Gasteiger partial charge on any atom is 0.270 e. The van der Waals surface area contributed by atoms with E-state index in [9.17, 15) is 19.3 Å². The fourth-order valence-electron chi connectivity index (χ4n) is 2.98. The Bertz CT molecular complexity index is 1090. The Morgan fingerprint density at radius 3 is 2.72 bits per heavy atom. The molecule has 0 saturated heterocycles. The number of benzene rings is 2. The molecule has 4 rings (SSSR count). The zero-order chi connectivity index (χ0) is 20.5. The van der Waals surface area contributed by atoms with E-state index in [0.29, 0.717) is 10.1 Å². The van der Waals surface area contributed by atoms with Crippen LogP contribution in [0.15, 0.2) is 52.5 Å². The molecule has 0 radical (unpaired) electrons. The lowest BCUT2D eigenvalue weighted by Crippen LogP contribution is -2.27. The van der Waals surface area contributed by atoms with E-state index in [2.05, 4.69) is 20.8 Å². The molecule has 1 aromatic heterocycles. The number of nitro groups is 1. The van der Waals surface area contributed by atoms with Gasteiger partial charge in [0.2, 0.25) is 5.16 Å². The van der Waals surface area contributed by atoms with E-state index in [-0.39, 0.29) is 29.0 Å². The number of nitro benzene ring substituents is 1. The van der Waals surface area contributed by atoms with Crippen molar-refractivity contribution in [1.29, 1.82) is 0 Å². The van der Waals surface area contributed by atoms with Gasteiger partial charge in [0.25, 0.3) is 11.6 Å². The van der Waals surface area contributed by atoms with E-state index in [1.165, 1.54) is 35.0 Å². The minimum Gasteiger partial charge on any atom is -0.349 e. The maximum absolute atomic E-state index is 13.1. The molecule has 2 aromatic carbocycles. The number of hydrogen-bond donors (Lipinski definition) is 1. The van der Waals surface area contributed by atoms with E-state index < -0.39 is 10.8 Å². The number of carbonyl (C=O) groups excluding carboxylic acids is 1. The molecule has 29 heavy (non-hydrogen) atoms. The molecule has 1 saturated carbocycles. The van der Waals surface area contributed by atoms with Crippen LogP contribution in [-0.4, -0.2) is 37.1 Å². The SMILES string of the molecule is Cn1nnnc1Sc1ccc([N+](=O)[O-])cc1C(=O)N[C@H]1C[C@@H]1c1ccc(F)cc1. The Balaban J connectivity index is 1.55. The number of hydrogen-bond acceptors (Lipinski definition) is 7. The average molecular weight is 414 g/mol. The van der Waals surface area contributed by atoms with E-state index >= 15 is 0 Å². The molecule has 1 aliphatic rings. The number of aryl methyl sites for hydroxylation is 1. The van der Waals surface area contributed by atoms with Crippen molar-refractivity contribution in [3.8, 4) is 0 Å². The summed E-state index contributed by atoms with van der Waals surface area (Å²) in [5.74, 6) is -0.634. The van der Waals surface area contributed by atoms with Gasteiger partial charge in [0, 0.05) is 36.0 Å². The van der Waals surface area contributed by atoms with Crippen molar-refractivity contribution in [3.63, 3.8) is 0 Å². The highest BCUT2D eigenvalue weighted by molar-refractivity contribution is 7.99. The van der Waals surface area contributed by atoms with Gasteiger partial charge in [0.05, 0.1) is 10.5 Å². The molecule has 0 bridgehead atoms. The molecule has 0 unspecified atom stereocenters. The lowest BCUT2D eigenvalue weighted by atomic mass is 10.1. The Labute approximate surface area is 168 Å². The molecule has 9 nitrogen and oxygen atoms in total. The number of rotatable bonds is 6. The standard InChI is InChI=1S/C18H15FN6O3S/c1-24-18(21-22-23-24)29-16-7-6-12(25(27)28)8-14(16)17(26)20-15-9-13(15)10-2-4-11(19)5-3-10/h2-8,13,15H,9H2,1H3,(H,20,26)/t13-,15+/m1/s1. The number of halogens is 1. The highest BCUT2D eigenvalue weighted by Gasteiger charge is 2.40. The van der Waals surface area contributed by atoms with Crippen LogP contribution >= 0.6 is 11.8 Å². The van der Waals surface area contributed by atoms with Gasteiger partial charge < -0.3 is 5.32 Å². The van der Waals surface area contributed by atoms with Crippen molar-refractivity contribution in [1.82, 2.24) is 25.5 Å². The minimum atomic E-state index is -0.548. The Morgan fingerprint density at radius 2 is 2.07 bits per heavy atom. The summed E-state index contributed by atoms with van der Waals surface area (Å²) in [5.41, 5.74) is 0.939. The van der Waals surface area contributed by atoms with E-state index in [1.54, 1.807) is 19.2 Å². The van der Waals surface area contributed by atoms with E-state index in [1.807, 2.05) is 0 Å². The summed E-state index contributed by atoms with van der Waals surface area (Å²) in [4.78, 5) is 24.0. The lowest BCUT2D eigenvalue weighted by molar-refractivity contribution is -0.384. The molecule has 3 aromatic rings. The first kappa shape index (κ1) is 19.0. The summed E-state index contributed by atoms with van der Waals surface area (Å²) in [5, 5.41) is 25.7. The number of aromatic nitrogens is 4. The average Bonchev–Trinajstić information content (AvgIpc) is 3.34. The molecule has 1 N–H and O–H groups in total. The number of carbonyl (C=O) groups is 1. The maximum atomic E-state index is 13.1. The molecule has 1 heterocycles. The van der Waals surface area contributed by atoms with Gasteiger partial charge >= 0.3 is 0 Å². The van der Waals surface area contributed by atoms with E-state index in [0.717, 1.165) is 23.7 Å². The number of tetrazole rings is 1. The van der Waals surface area contributed by atoms with Gasteiger partial charge in [-0.15, -0.1) is 5.10 Å². The van der Waals surface area contributed by atoms with Crippen molar-refractivity contribution >= 4 is 23.4 Å². The lowest BCUT2D eigenvalue weighted by Gasteiger charge is -2.09. The monoisotopic (exact) mass is 414 g/mol. The molecular weight excluding hydrogens is 399 g/mol. The minimum absolute atomic E-state index is 0.0947. The van der Waals surface area contributed by atoms with Crippen molar-refractivity contribution in [2.24, 2.45) is 7.05 Å². The third kappa shape index (κ3) is 4.09. The summed E-state index contributed by atoms with van der Waals surface area (Å²) in [6.07, 6.45) is 0.724. The highest BCUT2D eigenvalue weighted by atomic mass is 32.2. The second-order valence-electron chi connectivity index (χ2n) is 6.60. The first-order valence-corrected chi connectivity index (χ1v) is 9.49. The van der Waals surface area contributed by atoms with Crippen LogP contribution in [0.4, 0.5) is 10.1 Å². The van der Waals surface area contributed by atoms with Crippen molar-refractivity contribution in [2.45, 2.75) is 28.4 Å². The predicted molar refractivity (Wildman–Crippen MR) is 101 cm³/mol. The quantitative estimate of drug-likeness (QED) is 0.487. The van der Waals surface area contributed by atoms with Gasteiger partial charge in [-0.25, -0.2) is 9.07 Å². The molecule has 1 fully saturated rings. The Morgan fingerprint density at radius 1 is 1.31 bits per heavy atom. The summed E-state index contributed by atoms with van der Waals surface area (Å²) in [7, 11) is 1.66. The van der Waals surface area contributed by atoms with Crippen LogP contribution in [-0.2, 0) is 7.05 Å². The third-order valence-corrected chi connectivity index (χ3v) is 5.71. The van der Waals surface area contributed by atoms with Crippen LogP contribution < -0.4 is 5.32 Å². The summed E-state index contributed by atoms with van der Waals surface area (Å²) in [6.45, 7) is 0. The van der Waals surface area contributed by atoms with Crippen molar-refractivity contribution in [2.75, 3.05) is 0 Å². The molecule has 0 spiro atoms. The second-order valence-corrected chi connectivity index (χ2v) is 7.61. The number of nitrogens with one attached hydrogen (secondary N) is 1. The predicted octanol–water partition coefficient (Wildman–Crippen LogP) is 2.69. The van der Waals surface area contributed by atoms with E-state index in [4.69, 9.17) is 0 Å². The van der Waals surface area contributed by atoms with Gasteiger partial charge in [-0.2, -0.15) is 0 Å². The molecule has 2 atom stereocenters. The fourth-order valence-corrected chi connectivity index (χ4v) is 3.82. The van der Waals surface area contributed by atoms with Crippen LogP contribution in [0, 0.1) is 15.9 Å². The van der Waals surface area contributed by atoms with Gasteiger partial charge in [-0.3, -0.25) is 14.9 Å². The highest BCUT2D eigenvalue weighted by Crippen LogP contribution is 2.41. The van der Waals surface area contributed by atoms with Crippen LogP contribution in [0.5, 0.6) is 0 Å². The molecule has 0 aliphatic heterocycles.